The first-order valence-electron chi connectivity index (χ1n) is 13.6. The maximum atomic E-state index is 13.3. The second kappa shape index (κ2) is 10.0. The molecule has 1 aromatic rings. The summed E-state index contributed by atoms with van der Waals surface area (Å²) >= 11 is 0. The van der Waals surface area contributed by atoms with Gasteiger partial charge in [-0.3, -0.25) is 4.79 Å². The number of ether oxygens (including phenoxy) is 2. The number of methoxy groups -OCH3 is 1. The predicted octanol–water partition coefficient (Wildman–Crippen LogP) is 5.03. The monoisotopic (exact) mass is 540 g/mol. The summed E-state index contributed by atoms with van der Waals surface area (Å²) < 4.78 is 24.5. The molecule has 3 aliphatic carbocycles. The van der Waals surface area contributed by atoms with Crippen LogP contribution >= 0.6 is 0 Å². The van der Waals surface area contributed by atoms with Gasteiger partial charge in [-0.05, 0) is 95.2 Å². The Bertz CT molecular complexity index is 1190. The van der Waals surface area contributed by atoms with E-state index in [1.807, 2.05) is 6.07 Å². The molecular weight excluding hydrogens is 499 g/mol. The van der Waals surface area contributed by atoms with Crippen LogP contribution in [0.15, 0.2) is 23.3 Å². The van der Waals surface area contributed by atoms with E-state index in [0.717, 1.165) is 12.8 Å². The average molecular weight is 540 g/mol. The fourth-order valence-electron chi connectivity index (χ4n) is 6.51. The zero-order valence-electron chi connectivity index (χ0n) is 24.5. The number of azide groups is 1. The molecule has 1 amide bonds. The minimum absolute atomic E-state index is 0.0844. The minimum atomic E-state index is -1.33. The lowest BCUT2D eigenvalue weighted by Crippen LogP contribution is -2.65. The molecule has 1 N–H and O–H groups in total. The van der Waals surface area contributed by atoms with Gasteiger partial charge in [0.15, 0.2) is 0 Å². The summed E-state index contributed by atoms with van der Waals surface area (Å²) in [7, 11) is 0.759. The number of carbonyl (C=O) groups excluding carboxylic acids is 2. The second-order valence-electron chi connectivity index (χ2n) is 13.4. The van der Waals surface area contributed by atoms with Gasteiger partial charge in [0, 0.05) is 4.91 Å². The maximum Gasteiger partial charge on any atom is 0.482 e. The smallest absolute Gasteiger partial charge is 0.482 e. The van der Waals surface area contributed by atoms with Gasteiger partial charge in [-0.1, -0.05) is 31.1 Å². The molecule has 39 heavy (non-hydrogen) atoms. The Balaban J connectivity index is 1.66. The quantitative estimate of drug-likeness (QED) is 0.162. The third kappa shape index (κ3) is 5.36. The highest BCUT2D eigenvalue weighted by atomic mass is 16.7. The summed E-state index contributed by atoms with van der Waals surface area (Å²) in [5.74, 6) is -0.309. The topological polar surface area (TPSA) is 132 Å². The van der Waals surface area contributed by atoms with Crippen molar-refractivity contribution in [2.45, 2.75) is 103 Å². The number of nitrogens with zero attached hydrogens (tertiary/aromatic N) is 3. The number of para-hydroxylation sites is 1. The highest BCUT2D eigenvalue weighted by molar-refractivity contribution is 6.48. The van der Waals surface area contributed by atoms with Crippen LogP contribution in [0, 0.1) is 17.3 Å². The molecule has 0 spiro atoms. The Morgan fingerprint density at radius 3 is 2.51 bits per heavy atom. The average Bonchev–Trinajstić information content (AvgIpc) is 3.19. The summed E-state index contributed by atoms with van der Waals surface area (Å²) in [5.41, 5.74) is 7.65. The highest BCUT2D eigenvalue weighted by Gasteiger charge is 2.68. The molecule has 4 fully saturated rings. The molecule has 5 atom stereocenters. The third-order valence-electron chi connectivity index (χ3n) is 8.82. The predicted molar refractivity (Wildman–Crippen MR) is 147 cm³/mol. The van der Waals surface area contributed by atoms with Crippen LogP contribution in [0.2, 0.25) is 0 Å². The van der Waals surface area contributed by atoms with Crippen LogP contribution in [0.1, 0.15) is 84.2 Å². The molecule has 0 aromatic heterocycles. The van der Waals surface area contributed by atoms with Crippen LogP contribution in [0.4, 0.5) is 0 Å². The number of esters is 1. The van der Waals surface area contributed by atoms with E-state index < -0.39 is 41.7 Å². The van der Waals surface area contributed by atoms with Crippen LogP contribution in [-0.2, 0) is 25.3 Å². The Morgan fingerprint density at radius 2 is 1.92 bits per heavy atom. The van der Waals surface area contributed by atoms with Gasteiger partial charge in [0.25, 0.3) is 0 Å². The summed E-state index contributed by atoms with van der Waals surface area (Å²) in [5, 5.41) is 6.69. The minimum Gasteiger partial charge on any atom is -0.496 e. The normalized spacial score (nSPS) is 27.9. The molecule has 1 heterocycles. The summed E-state index contributed by atoms with van der Waals surface area (Å²) in [6.45, 7) is 15.2. The molecule has 1 saturated heterocycles. The molecule has 2 bridgehead atoms. The van der Waals surface area contributed by atoms with Crippen molar-refractivity contribution in [1.29, 1.82) is 0 Å². The van der Waals surface area contributed by atoms with E-state index >= 15 is 0 Å². The first-order valence-corrected chi connectivity index (χ1v) is 13.6. The van der Waals surface area contributed by atoms with Gasteiger partial charge in [-0.25, -0.2) is 4.79 Å². The second-order valence-corrected chi connectivity index (χ2v) is 13.4. The van der Waals surface area contributed by atoms with E-state index in [4.69, 9.17) is 24.3 Å². The lowest BCUT2D eigenvalue weighted by atomic mass is 9.43. The van der Waals surface area contributed by atoms with Crippen molar-refractivity contribution in [2.75, 3.05) is 7.11 Å². The van der Waals surface area contributed by atoms with Crippen molar-refractivity contribution in [1.82, 2.24) is 5.32 Å². The number of nitrogens with one attached hydrogen (secondary N) is 1. The Kier molecular flexibility index (Phi) is 7.51. The molecule has 4 aliphatic rings. The molecule has 212 valence electrons. The molecule has 10 nitrogen and oxygen atoms in total. The molecule has 11 heteroatoms. The van der Waals surface area contributed by atoms with E-state index in [1.54, 1.807) is 46.8 Å². The number of hydrogen-bond donors (Lipinski definition) is 1. The standard InChI is InChI=1S/C28H41BN4O6/c1-25(2,3)37-23(34)18-12-10-11-16(22(18)36-9)13-21(31-24(35)27(6,7)32-33-30)29-38-20-15-17-14-19(26(17,4)5)28(20,8)39-29/h10-12,17,19-21H,13-15H2,1-9H3,(H,31,35)/t17-,19-,20+,21?,28-/m0/s1. The van der Waals surface area contributed by atoms with Gasteiger partial charge < -0.3 is 24.1 Å². The molecule has 1 aliphatic heterocycles. The highest BCUT2D eigenvalue weighted by Crippen LogP contribution is 2.65. The third-order valence-corrected chi connectivity index (χ3v) is 8.82. The SMILES string of the molecule is COc1c(CC(NC(=O)C(C)(C)N=[N+]=[N-])B2O[C@@H]3C[C@@H]4C[C@@H](C4(C)C)[C@]3(C)O2)cccc1C(=O)OC(C)(C)C. The first kappa shape index (κ1) is 29.2. The number of amides is 1. The molecule has 3 saturated carbocycles. The Morgan fingerprint density at radius 1 is 1.23 bits per heavy atom. The van der Waals surface area contributed by atoms with E-state index in [2.05, 4.69) is 36.1 Å². The number of hydrogen-bond acceptors (Lipinski definition) is 7. The zero-order chi connectivity index (χ0) is 29.0. The summed E-state index contributed by atoms with van der Waals surface area (Å²) in [6.07, 6.45) is 2.17. The lowest BCUT2D eigenvalue weighted by molar-refractivity contribution is -0.199. The van der Waals surface area contributed by atoms with E-state index in [-0.39, 0.29) is 17.9 Å². The van der Waals surface area contributed by atoms with Crippen molar-refractivity contribution in [3.63, 3.8) is 0 Å². The largest absolute Gasteiger partial charge is 0.496 e. The zero-order valence-corrected chi connectivity index (χ0v) is 24.5. The maximum absolute atomic E-state index is 13.3. The van der Waals surface area contributed by atoms with Crippen molar-refractivity contribution in [3.8, 4) is 5.75 Å². The molecular formula is C28H41BN4O6. The van der Waals surface area contributed by atoms with Gasteiger partial charge in [0.05, 0.1) is 24.8 Å². The molecule has 5 rings (SSSR count). The van der Waals surface area contributed by atoms with Gasteiger partial charge in [0.1, 0.15) is 22.5 Å². The van der Waals surface area contributed by atoms with Gasteiger partial charge in [0.2, 0.25) is 5.91 Å². The fourth-order valence-corrected chi connectivity index (χ4v) is 6.51. The van der Waals surface area contributed by atoms with E-state index in [0.29, 0.717) is 28.7 Å². The Labute approximate surface area is 231 Å². The van der Waals surface area contributed by atoms with Gasteiger partial charge >= 0.3 is 13.1 Å². The van der Waals surface area contributed by atoms with Crippen molar-refractivity contribution < 1.29 is 28.4 Å². The van der Waals surface area contributed by atoms with Crippen molar-refractivity contribution >= 4 is 19.0 Å². The fraction of sp³-hybridized carbons (Fsp3) is 0.714. The van der Waals surface area contributed by atoms with E-state index in [1.165, 1.54) is 7.11 Å². The van der Waals surface area contributed by atoms with Gasteiger partial charge in [-0.15, -0.1) is 0 Å². The molecule has 1 aromatic carbocycles. The summed E-state index contributed by atoms with van der Waals surface area (Å²) in [6, 6.07) is 5.26. The number of carbonyl (C=O) groups is 2. The number of benzene rings is 1. The van der Waals surface area contributed by atoms with Crippen LogP contribution in [0.5, 0.6) is 5.75 Å². The molecule has 0 radical (unpaired) electrons. The van der Waals surface area contributed by atoms with Crippen molar-refractivity contribution in [3.05, 3.63) is 39.8 Å². The summed E-state index contributed by atoms with van der Waals surface area (Å²) in [4.78, 5) is 29.1. The van der Waals surface area contributed by atoms with Crippen LogP contribution in [0.3, 0.4) is 0 Å². The van der Waals surface area contributed by atoms with Crippen LogP contribution in [0.25, 0.3) is 10.4 Å². The lowest BCUT2D eigenvalue weighted by Gasteiger charge is -2.64. The van der Waals surface area contributed by atoms with Crippen LogP contribution < -0.4 is 10.1 Å². The van der Waals surface area contributed by atoms with Crippen LogP contribution in [-0.4, -0.2) is 54.9 Å². The van der Waals surface area contributed by atoms with Gasteiger partial charge in [-0.2, -0.15) is 0 Å². The Hall–Kier alpha value is -2.75. The molecule has 1 unspecified atom stereocenters. The number of rotatable bonds is 8. The van der Waals surface area contributed by atoms with Crippen molar-refractivity contribution in [2.24, 2.45) is 22.4 Å². The first-order chi connectivity index (χ1) is 18.0. The van der Waals surface area contributed by atoms with E-state index in [9.17, 15) is 9.59 Å².